The lowest BCUT2D eigenvalue weighted by Gasteiger charge is -2.21. The van der Waals surface area contributed by atoms with Crippen LogP contribution < -0.4 is 25.4 Å². The van der Waals surface area contributed by atoms with E-state index in [2.05, 4.69) is 47.8 Å². The van der Waals surface area contributed by atoms with Crippen molar-refractivity contribution in [1.29, 1.82) is 0 Å². The fraction of sp³-hybridized carbons (Fsp3) is 0.588. The summed E-state index contributed by atoms with van der Waals surface area (Å²) in [6.45, 7) is 9.33. The number of nitrogens with zero attached hydrogens (tertiary/aromatic N) is 1. The van der Waals surface area contributed by atoms with E-state index in [1.807, 2.05) is 12.1 Å². The number of halogens is 1. The summed E-state index contributed by atoms with van der Waals surface area (Å²) in [6.07, 6.45) is 0.900. The molecule has 136 valence electrons. The molecule has 1 aromatic carbocycles. The van der Waals surface area contributed by atoms with Crippen molar-refractivity contribution < 1.29 is 9.47 Å². The number of guanidine groups is 1. The van der Waals surface area contributed by atoms with E-state index in [9.17, 15) is 0 Å². The number of nitrogens with one attached hydrogen (secondary N) is 3. The van der Waals surface area contributed by atoms with Crippen molar-refractivity contribution in [1.82, 2.24) is 16.0 Å². The minimum Gasteiger partial charge on any atom is -0.454 e. The van der Waals surface area contributed by atoms with Crippen LogP contribution in [-0.2, 0) is 6.42 Å². The highest BCUT2D eigenvalue weighted by molar-refractivity contribution is 14.0. The van der Waals surface area contributed by atoms with Crippen molar-refractivity contribution in [3.05, 3.63) is 23.8 Å². The SMILES string of the molecule is CN=C(NCCNC(C)(C)C)NCCc1ccc2c(c1)OCO2.I. The van der Waals surface area contributed by atoms with Gasteiger partial charge in [0.1, 0.15) is 0 Å². The third-order valence-corrected chi connectivity index (χ3v) is 3.44. The van der Waals surface area contributed by atoms with Crippen molar-refractivity contribution in [2.45, 2.75) is 32.7 Å². The van der Waals surface area contributed by atoms with Crippen LogP contribution in [0.4, 0.5) is 0 Å². The van der Waals surface area contributed by atoms with E-state index in [1.165, 1.54) is 5.56 Å². The lowest BCUT2D eigenvalue weighted by molar-refractivity contribution is 0.174. The number of benzene rings is 1. The summed E-state index contributed by atoms with van der Waals surface area (Å²) in [4.78, 5) is 4.23. The third-order valence-electron chi connectivity index (χ3n) is 3.44. The summed E-state index contributed by atoms with van der Waals surface area (Å²) < 4.78 is 10.7. The number of ether oxygens (including phenoxy) is 2. The first-order chi connectivity index (χ1) is 11.0. The van der Waals surface area contributed by atoms with Gasteiger partial charge in [-0.25, -0.2) is 0 Å². The quantitative estimate of drug-likeness (QED) is 0.269. The molecule has 24 heavy (non-hydrogen) atoms. The molecule has 3 N–H and O–H groups in total. The Kier molecular flexibility index (Phi) is 8.61. The first-order valence-electron chi connectivity index (χ1n) is 8.06. The van der Waals surface area contributed by atoms with E-state index < -0.39 is 0 Å². The molecule has 1 heterocycles. The van der Waals surface area contributed by atoms with Gasteiger partial charge in [-0.1, -0.05) is 6.07 Å². The molecule has 1 aliphatic heterocycles. The van der Waals surface area contributed by atoms with Crippen molar-refractivity contribution in [3.8, 4) is 11.5 Å². The molecule has 0 aliphatic carbocycles. The van der Waals surface area contributed by atoms with E-state index in [-0.39, 0.29) is 29.5 Å². The maximum atomic E-state index is 5.39. The highest BCUT2D eigenvalue weighted by Gasteiger charge is 2.13. The molecule has 1 aromatic rings. The molecule has 0 bridgehead atoms. The van der Waals surface area contributed by atoms with Crippen LogP contribution in [0.1, 0.15) is 26.3 Å². The molecule has 2 rings (SSSR count). The molecule has 0 saturated carbocycles. The Balaban J connectivity index is 0.00000288. The van der Waals surface area contributed by atoms with Gasteiger partial charge in [0.2, 0.25) is 6.79 Å². The second-order valence-electron chi connectivity index (χ2n) is 6.54. The molecule has 0 fully saturated rings. The van der Waals surface area contributed by atoms with Crippen molar-refractivity contribution in [2.75, 3.05) is 33.5 Å². The normalized spacial score (nSPS) is 13.4. The number of hydrogen-bond donors (Lipinski definition) is 3. The smallest absolute Gasteiger partial charge is 0.231 e. The third kappa shape index (κ3) is 7.12. The highest BCUT2D eigenvalue weighted by Crippen LogP contribution is 2.32. The Bertz CT molecular complexity index is 544. The summed E-state index contributed by atoms with van der Waals surface area (Å²) in [6, 6.07) is 6.06. The van der Waals surface area contributed by atoms with E-state index in [0.717, 1.165) is 43.5 Å². The fourth-order valence-electron chi connectivity index (χ4n) is 2.26. The van der Waals surface area contributed by atoms with Crippen molar-refractivity contribution in [3.63, 3.8) is 0 Å². The Morgan fingerprint density at radius 3 is 2.50 bits per heavy atom. The second-order valence-corrected chi connectivity index (χ2v) is 6.54. The molecular weight excluding hydrogens is 419 g/mol. The van der Waals surface area contributed by atoms with Gasteiger partial charge in [-0.2, -0.15) is 0 Å². The van der Waals surface area contributed by atoms with Gasteiger partial charge in [-0.15, -0.1) is 24.0 Å². The van der Waals surface area contributed by atoms with Gasteiger partial charge < -0.3 is 25.4 Å². The zero-order valence-corrected chi connectivity index (χ0v) is 17.3. The maximum absolute atomic E-state index is 5.39. The Morgan fingerprint density at radius 1 is 1.08 bits per heavy atom. The summed E-state index contributed by atoms with van der Waals surface area (Å²) in [5, 5.41) is 10.1. The minimum absolute atomic E-state index is 0. The van der Waals surface area contributed by atoms with Crippen LogP contribution in [0.5, 0.6) is 11.5 Å². The number of aliphatic imine (C=N–C) groups is 1. The molecule has 1 aliphatic rings. The first kappa shape index (κ1) is 20.8. The van der Waals surface area contributed by atoms with Gasteiger partial charge >= 0.3 is 0 Å². The molecule has 7 heteroatoms. The van der Waals surface area contributed by atoms with Crippen LogP contribution in [-0.4, -0.2) is 45.0 Å². The zero-order valence-electron chi connectivity index (χ0n) is 14.9. The molecule has 0 unspecified atom stereocenters. The summed E-state index contributed by atoms with van der Waals surface area (Å²) in [7, 11) is 1.78. The van der Waals surface area contributed by atoms with E-state index in [4.69, 9.17) is 9.47 Å². The van der Waals surface area contributed by atoms with E-state index >= 15 is 0 Å². The summed E-state index contributed by atoms with van der Waals surface area (Å²) in [5.41, 5.74) is 1.35. The highest BCUT2D eigenvalue weighted by atomic mass is 127. The largest absolute Gasteiger partial charge is 0.454 e. The summed E-state index contributed by atoms with van der Waals surface area (Å²) >= 11 is 0. The number of rotatable bonds is 6. The van der Waals surface area contributed by atoms with Crippen LogP contribution in [0.2, 0.25) is 0 Å². The van der Waals surface area contributed by atoms with Crippen LogP contribution in [0.15, 0.2) is 23.2 Å². The zero-order chi connectivity index (χ0) is 16.7. The lowest BCUT2D eigenvalue weighted by atomic mass is 10.1. The molecule has 0 aromatic heterocycles. The van der Waals surface area contributed by atoms with E-state index in [1.54, 1.807) is 7.05 Å². The first-order valence-corrected chi connectivity index (χ1v) is 8.06. The standard InChI is InChI=1S/C17H28N4O2.HI/c1-17(2,3)21-10-9-20-16(18-4)19-8-7-13-5-6-14-15(11-13)23-12-22-14;/h5-6,11,21H,7-10,12H2,1-4H3,(H2,18,19,20);1H. The molecule has 0 atom stereocenters. The Labute approximate surface area is 161 Å². The van der Waals surface area contributed by atoms with Crippen molar-refractivity contribution in [2.24, 2.45) is 4.99 Å². The van der Waals surface area contributed by atoms with Crippen LogP contribution in [0.3, 0.4) is 0 Å². The predicted molar refractivity (Wildman–Crippen MR) is 109 cm³/mol. The summed E-state index contributed by atoms with van der Waals surface area (Å²) in [5.74, 6) is 2.48. The maximum Gasteiger partial charge on any atom is 0.231 e. The second kappa shape index (κ2) is 9.93. The van der Waals surface area contributed by atoms with Crippen LogP contribution >= 0.6 is 24.0 Å². The molecule has 0 saturated heterocycles. The van der Waals surface area contributed by atoms with Crippen LogP contribution in [0.25, 0.3) is 0 Å². The predicted octanol–water partition coefficient (Wildman–Crippen LogP) is 2.13. The molecule has 6 nitrogen and oxygen atoms in total. The van der Waals surface area contributed by atoms with Gasteiger partial charge in [-0.3, -0.25) is 4.99 Å². The van der Waals surface area contributed by atoms with Gasteiger partial charge in [0.25, 0.3) is 0 Å². The molecule has 0 amide bonds. The van der Waals surface area contributed by atoms with Gasteiger partial charge in [0, 0.05) is 32.2 Å². The Hall–Kier alpha value is -1.22. The lowest BCUT2D eigenvalue weighted by Crippen LogP contribution is -2.44. The van der Waals surface area contributed by atoms with Gasteiger partial charge in [0.15, 0.2) is 17.5 Å². The number of hydrogen-bond acceptors (Lipinski definition) is 4. The monoisotopic (exact) mass is 448 g/mol. The van der Waals surface area contributed by atoms with Gasteiger partial charge in [-0.05, 0) is 44.9 Å². The molecule has 0 radical (unpaired) electrons. The average molecular weight is 448 g/mol. The molecule has 0 spiro atoms. The molecular formula is C17H29IN4O2. The Morgan fingerprint density at radius 2 is 1.79 bits per heavy atom. The minimum atomic E-state index is 0. The average Bonchev–Trinajstić information content (AvgIpc) is 2.96. The van der Waals surface area contributed by atoms with Crippen LogP contribution in [0, 0.1) is 0 Å². The van der Waals surface area contributed by atoms with E-state index in [0.29, 0.717) is 6.79 Å². The van der Waals surface area contributed by atoms with Gasteiger partial charge in [0.05, 0.1) is 0 Å². The fourth-order valence-corrected chi connectivity index (χ4v) is 2.26. The van der Waals surface area contributed by atoms with Crippen molar-refractivity contribution >= 4 is 29.9 Å². The number of fused-ring (bicyclic) bond motifs is 1. The topological polar surface area (TPSA) is 66.9 Å².